The molecule has 0 aliphatic carbocycles. The van der Waals surface area contributed by atoms with E-state index in [9.17, 15) is 9.90 Å². The van der Waals surface area contributed by atoms with Gasteiger partial charge in [-0.25, -0.2) is 9.48 Å². The van der Waals surface area contributed by atoms with Gasteiger partial charge >= 0.3 is 6.09 Å². The van der Waals surface area contributed by atoms with Crippen LogP contribution in [-0.2, 0) is 4.74 Å². The number of ether oxygens (including phenoxy) is 1. The Morgan fingerprint density at radius 2 is 2.17 bits per heavy atom. The molecule has 0 aromatic carbocycles. The molecule has 2 rings (SSSR count). The van der Waals surface area contributed by atoms with Gasteiger partial charge in [0.05, 0.1) is 24.9 Å². The molecule has 1 aromatic rings. The molecule has 0 bridgehead atoms. The third kappa shape index (κ3) is 2.79. The van der Waals surface area contributed by atoms with Crippen LogP contribution in [0.25, 0.3) is 0 Å². The Hall–Kier alpha value is -1.63. The van der Waals surface area contributed by atoms with Crippen LogP contribution in [-0.4, -0.2) is 55.9 Å². The van der Waals surface area contributed by atoms with Crippen molar-refractivity contribution in [3.8, 4) is 0 Å². The van der Waals surface area contributed by atoms with E-state index >= 15 is 0 Å². The summed E-state index contributed by atoms with van der Waals surface area (Å²) in [5, 5.41) is 17.5. The largest absolute Gasteiger partial charge is 0.444 e. The van der Waals surface area contributed by atoms with Crippen LogP contribution in [0.4, 0.5) is 4.79 Å². The highest BCUT2D eigenvalue weighted by atomic mass is 16.6. The summed E-state index contributed by atoms with van der Waals surface area (Å²) in [6, 6.07) is -0.264. The summed E-state index contributed by atoms with van der Waals surface area (Å²) < 4.78 is 6.83. The SMILES string of the molecule is CC(C)(C)OC(=O)N1C[C@H](O)[C@@H](n2ccnn2)C1. The molecule has 7 nitrogen and oxygen atoms in total. The van der Waals surface area contributed by atoms with Crippen molar-refractivity contribution in [2.75, 3.05) is 13.1 Å². The van der Waals surface area contributed by atoms with Crippen molar-refractivity contribution < 1.29 is 14.6 Å². The standard InChI is InChI=1S/C11H18N4O3/c1-11(2,3)18-10(17)14-6-8(9(16)7-14)15-5-4-12-13-15/h4-5,8-9,16H,6-7H2,1-3H3/t8-,9-/m0/s1. The molecular formula is C11H18N4O3. The van der Waals surface area contributed by atoms with Gasteiger partial charge in [-0.15, -0.1) is 5.10 Å². The van der Waals surface area contributed by atoms with Crippen molar-refractivity contribution in [1.82, 2.24) is 19.9 Å². The van der Waals surface area contributed by atoms with Gasteiger partial charge in [-0.05, 0) is 20.8 Å². The van der Waals surface area contributed by atoms with E-state index in [0.717, 1.165) is 0 Å². The lowest BCUT2D eigenvalue weighted by molar-refractivity contribution is 0.0270. The summed E-state index contributed by atoms with van der Waals surface area (Å²) in [5.74, 6) is 0. The Kier molecular flexibility index (Phi) is 3.25. The van der Waals surface area contributed by atoms with Crippen molar-refractivity contribution in [3.05, 3.63) is 12.4 Å². The normalized spacial score (nSPS) is 24.3. The van der Waals surface area contributed by atoms with Gasteiger partial charge in [0.1, 0.15) is 5.60 Å². The first kappa shape index (κ1) is 12.8. The number of carbonyl (C=O) groups excluding carboxylic acids is 1. The van der Waals surface area contributed by atoms with E-state index in [-0.39, 0.29) is 12.6 Å². The first-order valence-electron chi connectivity index (χ1n) is 5.88. The maximum absolute atomic E-state index is 11.9. The number of rotatable bonds is 1. The zero-order chi connectivity index (χ0) is 13.3. The van der Waals surface area contributed by atoms with Crippen molar-refractivity contribution in [3.63, 3.8) is 0 Å². The van der Waals surface area contributed by atoms with Crippen molar-refractivity contribution in [1.29, 1.82) is 0 Å². The number of aromatic nitrogens is 3. The quantitative estimate of drug-likeness (QED) is 0.786. The maximum atomic E-state index is 11.9. The molecule has 0 saturated carbocycles. The third-order valence-electron chi connectivity index (χ3n) is 2.69. The third-order valence-corrected chi connectivity index (χ3v) is 2.69. The Labute approximate surface area is 105 Å². The van der Waals surface area contributed by atoms with Gasteiger partial charge in [-0.3, -0.25) is 0 Å². The molecule has 1 N–H and O–H groups in total. The number of aliphatic hydroxyl groups excluding tert-OH is 1. The highest BCUT2D eigenvalue weighted by Crippen LogP contribution is 2.23. The van der Waals surface area contributed by atoms with Gasteiger partial charge in [0, 0.05) is 12.7 Å². The highest BCUT2D eigenvalue weighted by molar-refractivity contribution is 5.68. The van der Waals surface area contributed by atoms with Crippen molar-refractivity contribution in [2.45, 2.75) is 38.5 Å². The van der Waals surface area contributed by atoms with Crippen LogP contribution in [0.1, 0.15) is 26.8 Å². The van der Waals surface area contributed by atoms with Crippen LogP contribution in [0.5, 0.6) is 0 Å². The number of β-amino-alcohol motifs (C(OH)–C–C–N with tert-alkyl or cyclic N) is 1. The zero-order valence-corrected chi connectivity index (χ0v) is 10.8. The van der Waals surface area contributed by atoms with E-state index in [1.165, 1.54) is 4.90 Å². The topological polar surface area (TPSA) is 80.5 Å². The Balaban J connectivity index is 2.00. The lowest BCUT2D eigenvalue weighted by Crippen LogP contribution is -2.35. The summed E-state index contributed by atoms with van der Waals surface area (Å²) in [6.45, 7) is 6.06. The number of carbonyl (C=O) groups is 1. The number of hydrogen-bond acceptors (Lipinski definition) is 5. The lowest BCUT2D eigenvalue weighted by Gasteiger charge is -2.24. The van der Waals surface area contributed by atoms with Crippen LogP contribution in [0.2, 0.25) is 0 Å². The molecule has 1 aromatic heterocycles. The van der Waals surface area contributed by atoms with Gasteiger partial charge in [-0.1, -0.05) is 5.21 Å². The Bertz CT molecular complexity index is 412. The summed E-state index contributed by atoms with van der Waals surface area (Å²) in [7, 11) is 0. The second-order valence-electron chi connectivity index (χ2n) is 5.40. The summed E-state index contributed by atoms with van der Waals surface area (Å²) in [5.41, 5.74) is -0.534. The van der Waals surface area contributed by atoms with Gasteiger partial charge in [0.2, 0.25) is 0 Å². The fourth-order valence-corrected chi connectivity index (χ4v) is 1.90. The van der Waals surface area contributed by atoms with E-state index in [4.69, 9.17) is 4.74 Å². The number of aliphatic hydroxyl groups is 1. The van der Waals surface area contributed by atoms with Crippen LogP contribution in [0.3, 0.4) is 0 Å². The fraction of sp³-hybridized carbons (Fsp3) is 0.727. The van der Waals surface area contributed by atoms with Crippen LogP contribution in [0.15, 0.2) is 12.4 Å². The molecule has 2 heterocycles. The number of likely N-dealkylation sites (tertiary alicyclic amines) is 1. The van der Waals surface area contributed by atoms with Gasteiger partial charge in [0.25, 0.3) is 0 Å². The van der Waals surface area contributed by atoms with E-state index in [0.29, 0.717) is 6.54 Å². The minimum absolute atomic E-state index is 0.249. The van der Waals surface area contributed by atoms with Crippen LogP contribution >= 0.6 is 0 Å². The predicted molar refractivity (Wildman–Crippen MR) is 62.9 cm³/mol. The average Bonchev–Trinajstić information content (AvgIpc) is 2.82. The molecule has 2 atom stereocenters. The molecule has 1 aliphatic heterocycles. The minimum Gasteiger partial charge on any atom is -0.444 e. The van der Waals surface area contributed by atoms with Crippen molar-refractivity contribution in [2.24, 2.45) is 0 Å². The molecule has 18 heavy (non-hydrogen) atoms. The molecule has 0 unspecified atom stereocenters. The molecule has 1 saturated heterocycles. The van der Waals surface area contributed by atoms with Gasteiger partial charge in [-0.2, -0.15) is 0 Å². The monoisotopic (exact) mass is 254 g/mol. The molecule has 1 amide bonds. The Morgan fingerprint density at radius 3 is 2.72 bits per heavy atom. The number of amides is 1. The maximum Gasteiger partial charge on any atom is 0.410 e. The molecular weight excluding hydrogens is 236 g/mol. The van der Waals surface area contributed by atoms with Gasteiger partial charge in [0.15, 0.2) is 0 Å². The molecule has 100 valence electrons. The van der Waals surface area contributed by atoms with E-state index < -0.39 is 17.8 Å². The smallest absolute Gasteiger partial charge is 0.410 e. The first-order chi connectivity index (χ1) is 8.37. The number of nitrogens with zero attached hydrogens (tertiary/aromatic N) is 4. The second-order valence-corrected chi connectivity index (χ2v) is 5.40. The average molecular weight is 254 g/mol. The van der Waals surface area contributed by atoms with Crippen LogP contribution < -0.4 is 0 Å². The summed E-state index contributed by atoms with van der Waals surface area (Å²) in [4.78, 5) is 13.4. The van der Waals surface area contributed by atoms with Gasteiger partial charge < -0.3 is 14.7 Å². The molecule has 7 heteroatoms. The van der Waals surface area contributed by atoms with Crippen molar-refractivity contribution >= 4 is 6.09 Å². The number of hydrogen-bond donors (Lipinski definition) is 1. The highest BCUT2D eigenvalue weighted by Gasteiger charge is 2.37. The molecule has 0 spiro atoms. The molecule has 0 radical (unpaired) electrons. The van der Waals surface area contributed by atoms with E-state index in [2.05, 4.69) is 10.3 Å². The summed E-state index contributed by atoms with van der Waals surface area (Å²) in [6.07, 6.45) is 2.15. The first-order valence-corrected chi connectivity index (χ1v) is 5.88. The molecule has 1 aliphatic rings. The fourth-order valence-electron chi connectivity index (χ4n) is 1.90. The lowest BCUT2D eigenvalue weighted by atomic mass is 10.2. The van der Waals surface area contributed by atoms with E-state index in [1.807, 2.05) is 20.8 Å². The predicted octanol–water partition coefficient (Wildman–Crippen LogP) is 0.431. The van der Waals surface area contributed by atoms with Crippen LogP contribution in [0, 0.1) is 0 Å². The Morgan fingerprint density at radius 1 is 1.44 bits per heavy atom. The minimum atomic E-state index is -0.654. The second kappa shape index (κ2) is 4.56. The molecule has 1 fully saturated rings. The summed E-state index contributed by atoms with van der Waals surface area (Å²) >= 11 is 0. The zero-order valence-electron chi connectivity index (χ0n) is 10.8. The van der Waals surface area contributed by atoms with E-state index in [1.54, 1.807) is 17.1 Å².